The average Bonchev–Trinajstić information content (AvgIpc) is 3.15. The molecule has 0 atom stereocenters. The highest BCUT2D eigenvalue weighted by Crippen LogP contribution is 2.28. The fourth-order valence-corrected chi connectivity index (χ4v) is 3.74. The third-order valence-electron chi connectivity index (χ3n) is 4.27. The standard InChI is InChI=1S/C19H20N4O7S/c1-4-29-15-8-7-14(23(25)26)11-18(15)31(27,28)21-20-19(24)17-9-12-5-6-13(22(2)3)10-16(12)30-17/h5-11,21H,4H2,1-3H3,(H,20,24). The Morgan fingerprint density at radius 3 is 2.58 bits per heavy atom. The largest absolute Gasteiger partial charge is 0.492 e. The van der Waals surface area contributed by atoms with E-state index in [1.54, 1.807) is 19.1 Å². The van der Waals surface area contributed by atoms with Gasteiger partial charge in [0.2, 0.25) is 0 Å². The predicted octanol–water partition coefficient (Wildman–Crippen LogP) is 2.43. The SMILES string of the molecule is CCOc1ccc([N+](=O)[O-])cc1S(=O)(=O)NNC(=O)c1cc2ccc(N(C)C)cc2o1. The lowest BCUT2D eigenvalue weighted by atomic mass is 10.2. The highest BCUT2D eigenvalue weighted by atomic mass is 32.2. The van der Waals surface area contributed by atoms with Crippen LogP contribution in [0.3, 0.4) is 0 Å². The van der Waals surface area contributed by atoms with Gasteiger partial charge < -0.3 is 14.1 Å². The summed E-state index contributed by atoms with van der Waals surface area (Å²) < 4.78 is 36.1. The van der Waals surface area contributed by atoms with Crippen molar-refractivity contribution in [3.05, 3.63) is 58.3 Å². The number of furan rings is 1. The van der Waals surface area contributed by atoms with Crippen LogP contribution in [0, 0.1) is 10.1 Å². The molecule has 0 bridgehead atoms. The number of anilines is 1. The van der Waals surface area contributed by atoms with E-state index in [1.165, 1.54) is 12.1 Å². The first kappa shape index (κ1) is 22.1. The molecule has 31 heavy (non-hydrogen) atoms. The summed E-state index contributed by atoms with van der Waals surface area (Å²) in [4.78, 5) is 26.0. The summed E-state index contributed by atoms with van der Waals surface area (Å²) in [5.41, 5.74) is 2.93. The average molecular weight is 448 g/mol. The second kappa shape index (κ2) is 8.62. The number of non-ortho nitro benzene ring substituents is 1. The predicted molar refractivity (Wildman–Crippen MR) is 113 cm³/mol. The molecule has 1 heterocycles. The zero-order chi connectivity index (χ0) is 22.8. The number of hydrogen-bond donors (Lipinski definition) is 2. The molecule has 0 radical (unpaired) electrons. The first-order valence-electron chi connectivity index (χ1n) is 9.06. The number of hydrazine groups is 1. The van der Waals surface area contributed by atoms with Crippen LogP contribution in [0.4, 0.5) is 11.4 Å². The monoisotopic (exact) mass is 448 g/mol. The van der Waals surface area contributed by atoms with Gasteiger partial charge in [-0.25, -0.2) is 8.42 Å². The van der Waals surface area contributed by atoms with E-state index < -0.39 is 31.4 Å². The molecule has 2 N–H and O–H groups in total. The van der Waals surface area contributed by atoms with Crippen molar-refractivity contribution in [1.29, 1.82) is 0 Å². The number of nitrogens with one attached hydrogen (secondary N) is 2. The van der Waals surface area contributed by atoms with E-state index in [2.05, 4.69) is 0 Å². The molecule has 0 aliphatic rings. The van der Waals surface area contributed by atoms with Crippen LogP contribution in [0.15, 0.2) is 51.8 Å². The van der Waals surface area contributed by atoms with Crippen LogP contribution in [0.2, 0.25) is 0 Å². The molecule has 0 aliphatic heterocycles. The van der Waals surface area contributed by atoms with Crippen molar-refractivity contribution >= 4 is 38.3 Å². The summed E-state index contributed by atoms with van der Waals surface area (Å²) >= 11 is 0. The van der Waals surface area contributed by atoms with Gasteiger partial charge >= 0.3 is 5.91 Å². The number of ether oxygens (including phenoxy) is 1. The molecule has 3 rings (SSSR count). The number of amides is 1. The Morgan fingerprint density at radius 2 is 1.94 bits per heavy atom. The van der Waals surface area contributed by atoms with Crippen molar-refractivity contribution in [2.75, 3.05) is 25.6 Å². The summed E-state index contributed by atoms with van der Waals surface area (Å²) in [6.45, 7) is 1.77. The Labute approximate surface area is 177 Å². The number of rotatable bonds is 8. The van der Waals surface area contributed by atoms with Gasteiger partial charge in [0.05, 0.1) is 11.5 Å². The lowest BCUT2D eigenvalue weighted by Crippen LogP contribution is -2.41. The number of carbonyl (C=O) groups excluding carboxylic acids is 1. The molecule has 0 unspecified atom stereocenters. The third-order valence-corrected chi connectivity index (χ3v) is 5.54. The van der Waals surface area contributed by atoms with E-state index in [4.69, 9.17) is 9.15 Å². The topological polar surface area (TPSA) is 144 Å². The molecule has 0 saturated heterocycles. The van der Waals surface area contributed by atoms with E-state index in [0.29, 0.717) is 11.0 Å². The molecular formula is C19H20N4O7S. The molecule has 1 amide bonds. The maximum absolute atomic E-state index is 12.7. The van der Waals surface area contributed by atoms with Gasteiger partial charge in [0.25, 0.3) is 15.7 Å². The minimum absolute atomic E-state index is 0.0881. The Bertz CT molecular complexity index is 1250. The Balaban J connectivity index is 1.83. The van der Waals surface area contributed by atoms with Gasteiger partial charge in [-0.05, 0) is 31.2 Å². The molecule has 0 spiro atoms. The smallest absolute Gasteiger partial charge is 0.301 e. The van der Waals surface area contributed by atoms with Gasteiger partial charge in [0, 0.05) is 43.4 Å². The maximum atomic E-state index is 12.7. The Morgan fingerprint density at radius 1 is 1.19 bits per heavy atom. The normalized spacial score (nSPS) is 11.3. The van der Waals surface area contributed by atoms with Crippen molar-refractivity contribution in [3.63, 3.8) is 0 Å². The van der Waals surface area contributed by atoms with Crippen LogP contribution in [-0.2, 0) is 10.0 Å². The van der Waals surface area contributed by atoms with Crippen molar-refractivity contribution in [1.82, 2.24) is 10.3 Å². The number of fused-ring (bicyclic) bond motifs is 1. The van der Waals surface area contributed by atoms with E-state index in [-0.39, 0.29) is 18.1 Å². The first-order chi connectivity index (χ1) is 14.6. The van der Waals surface area contributed by atoms with Crippen LogP contribution in [0.25, 0.3) is 11.0 Å². The molecule has 3 aromatic rings. The highest BCUT2D eigenvalue weighted by molar-refractivity contribution is 7.89. The van der Waals surface area contributed by atoms with Crippen molar-refractivity contribution < 1.29 is 27.3 Å². The number of nitro benzene ring substituents is 1. The van der Waals surface area contributed by atoms with Crippen LogP contribution in [0.5, 0.6) is 5.75 Å². The van der Waals surface area contributed by atoms with E-state index in [9.17, 15) is 23.3 Å². The van der Waals surface area contributed by atoms with Gasteiger partial charge in [0.15, 0.2) is 5.76 Å². The van der Waals surface area contributed by atoms with E-state index >= 15 is 0 Å². The molecular weight excluding hydrogens is 428 g/mol. The van der Waals surface area contributed by atoms with E-state index in [1.807, 2.05) is 35.3 Å². The number of nitrogens with zero attached hydrogens (tertiary/aromatic N) is 2. The molecule has 1 aromatic heterocycles. The number of carbonyl (C=O) groups is 1. The Hall–Kier alpha value is -3.64. The zero-order valence-corrected chi connectivity index (χ0v) is 17.7. The van der Waals surface area contributed by atoms with Crippen LogP contribution >= 0.6 is 0 Å². The highest BCUT2D eigenvalue weighted by Gasteiger charge is 2.25. The van der Waals surface area contributed by atoms with Crippen molar-refractivity contribution in [2.45, 2.75) is 11.8 Å². The minimum Gasteiger partial charge on any atom is -0.492 e. The summed E-state index contributed by atoms with van der Waals surface area (Å²) in [6, 6.07) is 9.99. The van der Waals surface area contributed by atoms with Crippen molar-refractivity contribution in [3.8, 4) is 5.75 Å². The zero-order valence-electron chi connectivity index (χ0n) is 16.9. The molecule has 0 saturated carbocycles. The summed E-state index contributed by atoms with van der Waals surface area (Å²) in [7, 11) is -0.664. The van der Waals surface area contributed by atoms with Crippen LogP contribution in [-0.4, -0.2) is 40.0 Å². The molecule has 11 nitrogen and oxygen atoms in total. The lowest BCUT2D eigenvalue weighted by molar-refractivity contribution is -0.385. The van der Waals surface area contributed by atoms with Crippen LogP contribution < -0.4 is 19.9 Å². The quantitative estimate of drug-likeness (QED) is 0.395. The van der Waals surface area contributed by atoms with Gasteiger partial charge in [-0.3, -0.25) is 20.3 Å². The number of nitro groups is 1. The molecule has 164 valence electrons. The number of sulfonamides is 1. The molecule has 12 heteroatoms. The second-order valence-corrected chi connectivity index (χ2v) is 8.26. The van der Waals surface area contributed by atoms with Gasteiger partial charge in [-0.15, -0.1) is 4.83 Å². The fraction of sp³-hybridized carbons (Fsp3) is 0.211. The van der Waals surface area contributed by atoms with Gasteiger partial charge in [-0.2, -0.15) is 0 Å². The maximum Gasteiger partial charge on any atom is 0.301 e. The summed E-state index contributed by atoms with van der Waals surface area (Å²) in [5.74, 6) is -1.04. The number of benzene rings is 2. The second-order valence-electron chi connectivity index (χ2n) is 6.61. The van der Waals surface area contributed by atoms with Gasteiger partial charge in [0.1, 0.15) is 16.2 Å². The summed E-state index contributed by atoms with van der Waals surface area (Å²) in [6.07, 6.45) is 0. The lowest BCUT2D eigenvalue weighted by Gasteiger charge is -2.12. The minimum atomic E-state index is -4.38. The third kappa shape index (κ3) is 4.75. The van der Waals surface area contributed by atoms with Crippen LogP contribution in [0.1, 0.15) is 17.5 Å². The Kier molecular flexibility index (Phi) is 6.13. The van der Waals surface area contributed by atoms with Crippen molar-refractivity contribution in [2.24, 2.45) is 0 Å². The van der Waals surface area contributed by atoms with Gasteiger partial charge in [-0.1, -0.05) is 0 Å². The van der Waals surface area contributed by atoms with E-state index in [0.717, 1.165) is 17.8 Å². The first-order valence-corrected chi connectivity index (χ1v) is 10.5. The molecule has 0 fully saturated rings. The fourth-order valence-electron chi connectivity index (χ4n) is 2.74. The number of hydrogen-bond acceptors (Lipinski definition) is 8. The molecule has 0 aliphatic carbocycles. The summed E-state index contributed by atoms with van der Waals surface area (Å²) in [5, 5.41) is 11.7. The molecule has 2 aromatic carbocycles.